The summed E-state index contributed by atoms with van der Waals surface area (Å²) in [6.07, 6.45) is -4.46. The number of aromatic carboxylic acids is 1. The molecule has 0 amide bonds. The van der Waals surface area contributed by atoms with E-state index in [0.29, 0.717) is 0 Å². The van der Waals surface area contributed by atoms with Crippen molar-refractivity contribution in [3.63, 3.8) is 0 Å². The lowest BCUT2D eigenvalue weighted by atomic mass is 10.00. The highest BCUT2D eigenvalue weighted by Gasteiger charge is 2.44. The van der Waals surface area contributed by atoms with Gasteiger partial charge >= 0.3 is 12.1 Å². The molecule has 1 N–H and O–H groups in total. The standard InChI is InChI=1S/C23H18ClF3N2O5/c1-29(2)11-15(21(30)23(25,26)27)20-17(22(31)32)19(28-34-20)14-9-6-10-16(18(14)24)33-12-13-7-4-3-5-8-13/h3-11H,12H2,1-2H3,(H,31,32)/b15-11-. The van der Waals surface area contributed by atoms with Gasteiger partial charge in [0.25, 0.3) is 5.78 Å². The van der Waals surface area contributed by atoms with E-state index in [4.69, 9.17) is 20.9 Å². The number of halogens is 4. The fourth-order valence-electron chi connectivity index (χ4n) is 3.03. The molecule has 3 rings (SSSR count). The van der Waals surface area contributed by atoms with Crippen LogP contribution in [0.25, 0.3) is 16.8 Å². The topological polar surface area (TPSA) is 92.9 Å². The molecule has 0 saturated heterocycles. The van der Waals surface area contributed by atoms with Crippen LogP contribution >= 0.6 is 11.6 Å². The zero-order valence-electron chi connectivity index (χ0n) is 17.9. The highest BCUT2D eigenvalue weighted by atomic mass is 35.5. The largest absolute Gasteiger partial charge is 0.487 e. The average Bonchev–Trinajstić information content (AvgIpc) is 3.21. The maximum absolute atomic E-state index is 13.2. The zero-order valence-corrected chi connectivity index (χ0v) is 18.6. The van der Waals surface area contributed by atoms with Crippen LogP contribution in [0.5, 0.6) is 5.75 Å². The van der Waals surface area contributed by atoms with Gasteiger partial charge in [-0.05, 0) is 11.6 Å². The van der Waals surface area contributed by atoms with Crippen molar-refractivity contribution in [1.82, 2.24) is 10.1 Å². The molecule has 178 valence electrons. The Morgan fingerprint density at radius 1 is 1.15 bits per heavy atom. The second kappa shape index (κ2) is 10.0. The first-order chi connectivity index (χ1) is 16.0. The monoisotopic (exact) mass is 494 g/mol. The van der Waals surface area contributed by atoms with Crippen molar-refractivity contribution < 1.29 is 37.1 Å². The van der Waals surface area contributed by atoms with E-state index in [9.17, 15) is 27.9 Å². The second-order valence-corrected chi connectivity index (χ2v) is 7.64. The van der Waals surface area contributed by atoms with E-state index in [0.717, 1.165) is 16.7 Å². The lowest BCUT2D eigenvalue weighted by Crippen LogP contribution is -2.25. The maximum atomic E-state index is 13.2. The normalized spacial score (nSPS) is 11.9. The quantitative estimate of drug-likeness (QED) is 0.424. The van der Waals surface area contributed by atoms with Gasteiger partial charge in [-0.3, -0.25) is 4.79 Å². The van der Waals surface area contributed by atoms with Gasteiger partial charge in [0, 0.05) is 25.9 Å². The molecule has 0 unspecified atom stereocenters. The van der Waals surface area contributed by atoms with Crippen molar-refractivity contribution in [3.8, 4) is 17.0 Å². The molecule has 3 aromatic rings. The molecule has 0 radical (unpaired) electrons. The summed E-state index contributed by atoms with van der Waals surface area (Å²) >= 11 is 6.43. The Kier molecular flexibility index (Phi) is 7.31. The van der Waals surface area contributed by atoms with Gasteiger partial charge in [0.2, 0.25) is 0 Å². The molecule has 1 aromatic heterocycles. The molecule has 11 heteroatoms. The van der Waals surface area contributed by atoms with E-state index in [1.165, 1.54) is 26.2 Å². The van der Waals surface area contributed by atoms with Crippen LogP contribution in [0, 0.1) is 0 Å². The van der Waals surface area contributed by atoms with Crippen LogP contribution < -0.4 is 4.74 Å². The minimum Gasteiger partial charge on any atom is -0.487 e. The molecule has 0 saturated carbocycles. The number of carbonyl (C=O) groups is 2. The third-order valence-corrected chi connectivity index (χ3v) is 4.89. The lowest BCUT2D eigenvalue weighted by molar-refractivity contribution is -0.164. The Bertz CT molecular complexity index is 1240. The predicted molar refractivity (Wildman–Crippen MR) is 117 cm³/mol. The van der Waals surface area contributed by atoms with Crippen LogP contribution in [0.3, 0.4) is 0 Å². The molecule has 34 heavy (non-hydrogen) atoms. The number of benzene rings is 2. The molecular formula is C23H18ClF3N2O5. The Morgan fingerprint density at radius 3 is 2.41 bits per heavy atom. The van der Waals surface area contributed by atoms with Gasteiger partial charge in [0.1, 0.15) is 23.6 Å². The van der Waals surface area contributed by atoms with E-state index in [1.807, 2.05) is 30.3 Å². The van der Waals surface area contributed by atoms with Crippen molar-refractivity contribution in [2.45, 2.75) is 12.8 Å². The Balaban J connectivity index is 2.08. The van der Waals surface area contributed by atoms with Gasteiger partial charge in [0.05, 0.1) is 10.6 Å². The summed E-state index contributed by atoms with van der Waals surface area (Å²) in [5.74, 6) is -4.58. The highest BCUT2D eigenvalue weighted by Crippen LogP contribution is 2.39. The summed E-state index contributed by atoms with van der Waals surface area (Å²) in [7, 11) is 2.73. The number of nitrogens with zero attached hydrogens (tertiary/aromatic N) is 2. The average molecular weight is 495 g/mol. The van der Waals surface area contributed by atoms with E-state index >= 15 is 0 Å². The fourth-order valence-corrected chi connectivity index (χ4v) is 3.30. The molecule has 2 aromatic carbocycles. The Hall–Kier alpha value is -3.79. The van der Waals surface area contributed by atoms with Gasteiger partial charge < -0.3 is 19.3 Å². The maximum Gasteiger partial charge on any atom is 0.455 e. The molecule has 0 spiro atoms. The van der Waals surface area contributed by atoms with Crippen LogP contribution in [0.4, 0.5) is 13.2 Å². The molecule has 1 heterocycles. The van der Waals surface area contributed by atoms with E-state index in [2.05, 4.69) is 5.16 Å². The number of Topliss-reactive ketones (excluding diaryl/α,β-unsaturated/α-hetero) is 1. The molecule has 0 aliphatic carbocycles. The number of carbonyl (C=O) groups excluding carboxylic acids is 1. The molecule has 0 aliphatic heterocycles. The van der Waals surface area contributed by atoms with Gasteiger partial charge in [-0.2, -0.15) is 13.2 Å². The number of rotatable bonds is 8. The van der Waals surface area contributed by atoms with E-state index < -0.39 is 34.8 Å². The number of allylic oxidation sites excluding steroid dienone is 1. The van der Waals surface area contributed by atoms with Gasteiger partial charge in [-0.15, -0.1) is 0 Å². The number of carboxylic acid groups (broad SMARTS) is 1. The number of aromatic nitrogens is 1. The fraction of sp³-hybridized carbons (Fsp3) is 0.174. The van der Waals surface area contributed by atoms with Crippen LogP contribution in [-0.4, -0.2) is 47.2 Å². The first-order valence-corrected chi connectivity index (χ1v) is 10.1. The van der Waals surface area contributed by atoms with Crippen molar-refractivity contribution in [1.29, 1.82) is 0 Å². The number of alkyl halides is 3. The zero-order chi connectivity index (χ0) is 25.0. The summed E-state index contributed by atoms with van der Waals surface area (Å²) in [5.41, 5.74) is -1.21. The number of ketones is 1. The van der Waals surface area contributed by atoms with Gasteiger partial charge in [-0.1, -0.05) is 59.2 Å². The minimum absolute atomic E-state index is 0.0268. The van der Waals surface area contributed by atoms with Crippen molar-refractivity contribution >= 4 is 28.9 Å². The Labute approximate surface area is 197 Å². The van der Waals surface area contributed by atoms with Crippen LogP contribution in [0.1, 0.15) is 21.7 Å². The van der Waals surface area contributed by atoms with E-state index in [1.54, 1.807) is 6.07 Å². The van der Waals surface area contributed by atoms with E-state index in [-0.39, 0.29) is 28.6 Å². The summed E-state index contributed by atoms with van der Waals surface area (Å²) < 4.78 is 50.2. The third kappa shape index (κ3) is 5.40. The lowest BCUT2D eigenvalue weighted by Gasteiger charge is -2.12. The Morgan fingerprint density at radius 2 is 1.82 bits per heavy atom. The second-order valence-electron chi connectivity index (χ2n) is 7.27. The minimum atomic E-state index is -5.27. The van der Waals surface area contributed by atoms with Crippen molar-refractivity contribution in [2.75, 3.05) is 14.1 Å². The number of hydrogen-bond donors (Lipinski definition) is 1. The molecule has 0 aliphatic rings. The molecule has 0 bridgehead atoms. The number of carboxylic acids is 1. The van der Waals surface area contributed by atoms with Crippen LogP contribution in [0.2, 0.25) is 5.02 Å². The summed E-state index contributed by atoms with van der Waals surface area (Å²) in [6.45, 7) is 0.162. The summed E-state index contributed by atoms with van der Waals surface area (Å²) in [4.78, 5) is 25.2. The SMILES string of the molecule is CN(C)/C=C(\C(=O)C(F)(F)F)c1onc(-c2cccc(OCc3ccccc3)c2Cl)c1C(=O)O. The van der Waals surface area contributed by atoms with Crippen molar-refractivity contribution in [3.05, 3.63) is 76.6 Å². The molecule has 7 nitrogen and oxygen atoms in total. The molecule has 0 fully saturated rings. The smallest absolute Gasteiger partial charge is 0.455 e. The predicted octanol–water partition coefficient (Wildman–Crippen LogP) is 5.31. The first kappa shape index (κ1) is 24.8. The highest BCUT2D eigenvalue weighted by molar-refractivity contribution is 6.35. The summed E-state index contributed by atoms with van der Waals surface area (Å²) in [5, 5.41) is 13.4. The third-order valence-electron chi connectivity index (χ3n) is 4.50. The number of ether oxygens (including phenoxy) is 1. The first-order valence-electron chi connectivity index (χ1n) is 9.69. The van der Waals surface area contributed by atoms with Crippen LogP contribution in [0.15, 0.2) is 59.3 Å². The van der Waals surface area contributed by atoms with Crippen molar-refractivity contribution in [2.24, 2.45) is 0 Å². The molecule has 0 atom stereocenters. The summed E-state index contributed by atoms with van der Waals surface area (Å²) in [6, 6.07) is 13.6. The van der Waals surface area contributed by atoms with Gasteiger partial charge in [-0.25, -0.2) is 4.79 Å². The molecular weight excluding hydrogens is 477 g/mol. The van der Waals surface area contributed by atoms with Crippen LogP contribution in [-0.2, 0) is 11.4 Å². The number of hydrogen-bond acceptors (Lipinski definition) is 6. The van der Waals surface area contributed by atoms with Gasteiger partial charge in [0.15, 0.2) is 5.76 Å².